The van der Waals surface area contributed by atoms with Gasteiger partial charge in [-0.2, -0.15) is 0 Å². The largest absolute Gasteiger partial charge is 0.361 e. The van der Waals surface area contributed by atoms with E-state index in [1.807, 2.05) is 6.20 Å². The Bertz CT molecular complexity index is 503. The summed E-state index contributed by atoms with van der Waals surface area (Å²) in [5.74, 6) is 0. The Kier molecular flexibility index (Phi) is 5.00. The Morgan fingerprint density at radius 3 is 2.84 bits per heavy atom. The Hall–Kier alpha value is -1.32. The molecule has 0 aliphatic carbocycles. The van der Waals surface area contributed by atoms with Crippen molar-refractivity contribution in [2.24, 2.45) is 0 Å². The van der Waals surface area contributed by atoms with E-state index in [1.165, 1.54) is 16.5 Å². The second-order valence-corrected chi connectivity index (χ2v) is 4.98. The molecule has 1 heterocycles. The van der Waals surface area contributed by atoms with Crippen molar-refractivity contribution >= 4 is 10.9 Å². The normalized spacial score (nSPS) is 13.3. The zero-order chi connectivity index (χ0) is 13.7. The number of fused-ring (bicyclic) bond motifs is 1. The van der Waals surface area contributed by atoms with Gasteiger partial charge in [0.1, 0.15) is 0 Å². The molecule has 2 aromatic rings. The molecule has 1 unspecified atom stereocenters. The predicted molar refractivity (Wildman–Crippen MR) is 82.5 cm³/mol. The molecular weight excluding hydrogens is 234 g/mol. The topological polar surface area (TPSA) is 31.1 Å². The Balaban J connectivity index is 2.09. The average Bonchev–Trinajstić information content (AvgIpc) is 2.90. The first-order valence-corrected chi connectivity index (χ1v) is 7.28. The minimum absolute atomic E-state index is 0.461. The van der Waals surface area contributed by atoms with E-state index >= 15 is 0 Å². The molecule has 19 heavy (non-hydrogen) atoms. The fourth-order valence-electron chi connectivity index (χ4n) is 2.57. The molecule has 0 bridgehead atoms. The molecule has 0 aliphatic rings. The molecule has 1 aromatic carbocycles. The summed E-state index contributed by atoms with van der Waals surface area (Å²) in [5, 5.41) is 4.70. The van der Waals surface area contributed by atoms with E-state index in [2.05, 4.69) is 60.2 Å². The second-order valence-electron chi connectivity index (χ2n) is 4.98. The molecule has 0 spiro atoms. The van der Waals surface area contributed by atoms with Crippen LogP contribution in [0.1, 0.15) is 32.4 Å². The van der Waals surface area contributed by atoms with Crippen molar-refractivity contribution in [1.82, 2.24) is 15.2 Å². The monoisotopic (exact) mass is 259 g/mol. The number of aromatic amines is 1. The van der Waals surface area contributed by atoms with Crippen LogP contribution in [0.2, 0.25) is 0 Å². The van der Waals surface area contributed by atoms with Gasteiger partial charge in [-0.25, -0.2) is 0 Å². The summed E-state index contributed by atoms with van der Waals surface area (Å²) in [7, 11) is 0. The van der Waals surface area contributed by atoms with Crippen LogP contribution in [-0.4, -0.2) is 36.1 Å². The van der Waals surface area contributed by atoms with Crippen LogP contribution in [-0.2, 0) is 0 Å². The molecule has 3 heteroatoms. The summed E-state index contributed by atoms with van der Waals surface area (Å²) in [4.78, 5) is 5.76. The maximum atomic E-state index is 3.40. The van der Waals surface area contributed by atoms with Crippen molar-refractivity contribution in [3.8, 4) is 0 Å². The maximum absolute atomic E-state index is 3.40. The summed E-state index contributed by atoms with van der Waals surface area (Å²) in [6.45, 7) is 11.0. The minimum Gasteiger partial charge on any atom is -0.361 e. The van der Waals surface area contributed by atoms with Crippen LogP contribution in [0.25, 0.3) is 10.9 Å². The third-order valence-electron chi connectivity index (χ3n) is 3.84. The molecule has 1 atom stereocenters. The number of H-pyrrole nitrogens is 1. The fourth-order valence-corrected chi connectivity index (χ4v) is 2.57. The van der Waals surface area contributed by atoms with Crippen LogP contribution in [0, 0.1) is 0 Å². The molecule has 2 N–H and O–H groups in total. The zero-order valence-corrected chi connectivity index (χ0v) is 12.2. The molecule has 0 amide bonds. The van der Waals surface area contributed by atoms with E-state index in [1.54, 1.807) is 0 Å². The molecule has 0 saturated carbocycles. The molecule has 0 fully saturated rings. The lowest BCUT2D eigenvalue weighted by molar-refractivity contribution is 0.223. The van der Waals surface area contributed by atoms with Crippen LogP contribution in [0.15, 0.2) is 30.5 Å². The van der Waals surface area contributed by atoms with Crippen molar-refractivity contribution < 1.29 is 0 Å². The molecule has 0 saturated heterocycles. The van der Waals surface area contributed by atoms with Gasteiger partial charge >= 0.3 is 0 Å². The first-order valence-electron chi connectivity index (χ1n) is 7.28. The van der Waals surface area contributed by atoms with Crippen molar-refractivity contribution in [2.45, 2.75) is 26.8 Å². The van der Waals surface area contributed by atoms with Gasteiger partial charge in [0.2, 0.25) is 0 Å². The first kappa shape index (κ1) is 14.1. The van der Waals surface area contributed by atoms with Crippen molar-refractivity contribution in [3.63, 3.8) is 0 Å². The fraction of sp³-hybridized carbons (Fsp3) is 0.500. The Labute approximate surface area is 116 Å². The zero-order valence-electron chi connectivity index (χ0n) is 12.2. The summed E-state index contributed by atoms with van der Waals surface area (Å²) in [6, 6.07) is 9.31. The van der Waals surface area contributed by atoms with E-state index < -0.39 is 0 Å². The third kappa shape index (κ3) is 3.37. The summed E-state index contributed by atoms with van der Waals surface area (Å²) >= 11 is 0. The molecule has 1 aromatic heterocycles. The van der Waals surface area contributed by atoms with E-state index in [9.17, 15) is 0 Å². The highest BCUT2D eigenvalue weighted by Gasteiger charge is 2.14. The molecule has 2 rings (SSSR count). The second kappa shape index (κ2) is 6.73. The smallest absolute Gasteiger partial charge is 0.0454 e. The lowest BCUT2D eigenvalue weighted by Crippen LogP contribution is -2.34. The van der Waals surface area contributed by atoms with Crippen LogP contribution in [0.5, 0.6) is 0 Å². The van der Waals surface area contributed by atoms with Gasteiger partial charge < -0.3 is 10.3 Å². The highest BCUT2D eigenvalue weighted by Crippen LogP contribution is 2.23. The quantitative estimate of drug-likeness (QED) is 0.748. The highest BCUT2D eigenvalue weighted by molar-refractivity contribution is 5.80. The molecule has 3 nitrogen and oxygen atoms in total. The van der Waals surface area contributed by atoms with Crippen molar-refractivity contribution in [3.05, 3.63) is 36.0 Å². The van der Waals surface area contributed by atoms with Crippen LogP contribution < -0.4 is 5.32 Å². The Morgan fingerprint density at radius 2 is 2.11 bits per heavy atom. The lowest BCUT2D eigenvalue weighted by atomic mass is 10.0. The van der Waals surface area contributed by atoms with E-state index in [0.29, 0.717) is 6.04 Å². The van der Waals surface area contributed by atoms with Gasteiger partial charge in [-0.3, -0.25) is 4.90 Å². The number of aromatic nitrogens is 1. The number of likely N-dealkylation sites (N-methyl/N-ethyl adjacent to an activating group) is 2. The number of nitrogens with one attached hydrogen (secondary N) is 2. The average molecular weight is 259 g/mol. The van der Waals surface area contributed by atoms with E-state index in [4.69, 9.17) is 0 Å². The van der Waals surface area contributed by atoms with E-state index in [0.717, 1.165) is 26.2 Å². The van der Waals surface area contributed by atoms with Gasteiger partial charge in [0, 0.05) is 30.8 Å². The van der Waals surface area contributed by atoms with Crippen molar-refractivity contribution in [2.75, 3.05) is 26.2 Å². The maximum Gasteiger partial charge on any atom is 0.0454 e. The van der Waals surface area contributed by atoms with Crippen LogP contribution in [0.4, 0.5) is 0 Å². The number of rotatable bonds is 7. The van der Waals surface area contributed by atoms with Crippen molar-refractivity contribution in [1.29, 1.82) is 0 Å². The summed E-state index contributed by atoms with van der Waals surface area (Å²) in [6.07, 6.45) is 2.00. The van der Waals surface area contributed by atoms with Gasteiger partial charge in [-0.05, 0) is 49.2 Å². The van der Waals surface area contributed by atoms with Gasteiger partial charge in [0.05, 0.1) is 0 Å². The minimum atomic E-state index is 0.461. The number of hydrogen-bond acceptors (Lipinski definition) is 2. The number of nitrogens with zero attached hydrogens (tertiary/aromatic N) is 1. The number of hydrogen-bond donors (Lipinski definition) is 2. The number of benzene rings is 1. The first-order chi connectivity index (χ1) is 9.26. The lowest BCUT2D eigenvalue weighted by Gasteiger charge is -2.28. The van der Waals surface area contributed by atoms with Gasteiger partial charge in [-0.1, -0.05) is 19.9 Å². The SMILES string of the molecule is CCNCCN(CC)C(C)c1ccc2[nH]ccc2c1. The third-order valence-corrected chi connectivity index (χ3v) is 3.84. The highest BCUT2D eigenvalue weighted by atomic mass is 15.2. The summed E-state index contributed by atoms with van der Waals surface area (Å²) < 4.78 is 0. The van der Waals surface area contributed by atoms with Gasteiger partial charge in [0.15, 0.2) is 0 Å². The molecule has 0 aliphatic heterocycles. The van der Waals surface area contributed by atoms with Gasteiger partial charge in [0.25, 0.3) is 0 Å². The molecular formula is C16H25N3. The standard InChI is InChI=1S/C16H25N3/c1-4-17-10-11-19(5-2)13(3)14-6-7-16-15(12-14)8-9-18-16/h6-9,12-13,17-18H,4-5,10-11H2,1-3H3. The Morgan fingerprint density at radius 1 is 1.26 bits per heavy atom. The molecule has 0 radical (unpaired) electrons. The van der Waals surface area contributed by atoms with E-state index in [-0.39, 0.29) is 0 Å². The van der Waals surface area contributed by atoms with Crippen LogP contribution in [0.3, 0.4) is 0 Å². The predicted octanol–water partition coefficient (Wildman–Crippen LogP) is 3.16. The molecule has 104 valence electrons. The summed E-state index contributed by atoms with van der Waals surface area (Å²) in [5.41, 5.74) is 2.61. The van der Waals surface area contributed by atoms with Crippen LogP contribution >= 0.6 is 0 Å². The van der Waals surface area contributed by atoms with Gasteiger partial charge in [-0.15, -0.1) is 0 Å².